The van der Waals surface area contributed by atoms with Crippen molar-refractivity contribution in [1.82, 2.24) is 19.4 Å². The van der Waals surface area contributed by atoms with Crippen molar-refractivity contribution in [3.8, 4) is 0 Å². The minimum atomic E-state index is 0.104. The first-order chi connectivity index (χ1) is 9.97. The third-order valence-corrected chi connectivity index (χ3v) is 3.80. The van der Waals surface area contributed by atoms with Crippen LogP contribution in [0.4, 0.5) is 0 Å². The van der Waals surface area contributed by atoms with Gasteiger partial charge in [0.1, 0.15) is 0 Å². The highest BCUT2D eigenvalue weighted by Crippen LogP contribution is 2.13. The lowest BCUT2D eigenvalue weighted by molar-refractivity contribution is 0.101. The monoisotopic (exact) mass is 286 g/mol. The lowest BCUT2D eigenvalue weighted by atomic mass is 10.1. The fourth-order valence-electron chi connectivity index (χ4n) is 2.27. The summed E-state index contributed by atoms with van der Waals surface area (Å²) in [6.45, 7) is 4.56. The molecule has 0 aromatic carbocycles. The van der Waals surface area contributed by atoms with Crippen molar-refractivity contribution >= 4 is 5.78 Å². The Morgan fingerprint density at radius 2 is 2.19 bits per heavy atom. The van der Waals surface area contributed by atoms with Crippen LogP contribution < -0.4 is 0 Å². The van der Waals surface area contributed by atoms with Crippen LogP contribution >= 0.6 is 0 Å². The van der Waals surface area contributed by atoms with Gasteiger partial charge in [0.25, 0.3) is 0 Å². The molecule has 2 heterocycles. The molecule has 2 aromatic rings. The smallest absolute Gasteiger partial charge is 0.161 e. The zero-order chi connectivity index (χ0) is 15.4. The van der Waals surface area contributed by atoms with E-state index in [4.69, 9.17) is 0 Å². The molecule has 0 unspecified atom stereocenters. The van der Waals surface area contributed by atoms with Crippen LogP contribution in [0.2, 0.25) is 0 Å². The summed E-state index contributed by atoms with van der Waals surface area (Å²) in [5.41, 5.74) is 2.89. The van der Waals surface area contributed by atoms with E-state index < -0.39 is 0 Å². The topological polar surface area (TPSA) is 51.0 Å². The fraction of sp³-hybridized carbons (Fsp3) is 0.438. The summed E-state index contributed by atoms with van der Waals surface area (Å²) in [6, 6.07) is 2.31. The SMILES string of the molecule is CC(=O)c1cc(CN(C)[C@@H](C)Cc2cnccn2)n(C)c1. The molecule has 1 atom stereocenters. The predicted molar refractivity (Wildman–Crippen MR) is 82.1 cm³/mol. The van der Waals surface area contributed by atoms with Crippen molar-refractivity contribution in [2.24, 2.45) is 7.05 Å². The van der Waals surface area contributed by atoms with E-state index in [-0.39, 0.29) is 5.78 Å². The molecule has 0 spiro atoms. The zero-order valence-electron chi connectivity index (χ0n) is 13.1. The molecule has 2 rings (SSSR count). The Kier molecular flexibility index (Phi) is 4.85. The molecule has 0 aliphatic carbocycles. The van der Waals surface area contributed by atoms with Crippen molar-refractivity contribution in [3.63, 3.8) is 0 Å². The maximum atomic E-state index is 11.4. The van der Waals surface area contributed by atoms with Crippen LogP contribution in [0.1, 0.15) is 35.6 Å². The highest BCUT2D eigenvalue weighted by Gasteiger charge is 2.14. The van der Waals surface area contributed by atoms with Crippen molar-refractivity contribution in [3.05, 3.63) is 47.8 Å². The van der Waals surface area contributed by atoms with E-state index in [1.807, 2.05) is 23.9 Å². The minimum Gasteiger partial charge on any atom is -0.353 e. The van der Waals surface area contributed by atoms with Gasteiger partial charge in [-0.05, 0) is 27.0 Å². The molecule has 2 aromatic heterocycles. The maximum Gasteiger partial charge on any atom is 0.161 e. The zero-order valence-corrected chi connectivity index (χ0v) is 13.1. The number of aryl methyl sites for hydroxylation is 1. The number of nitrogens with zero attached hydrogens (tertiary/aromatic N) is 4. The molecule has 0 bridgehead atoms. The average molecular weight is 286 g/mol. The number of aromatic nitrogens is 3. The van der Waals surface area contributed by atoms with Crippen molar-refractivity contribution < 1.29 is 4.79 Å². The summed E-state index contributed by atoms with van der Waals surface area (Å²) < 4.78 is 2.02. The Bertz CT molecular complexity index is 606. The molecule has 5 heteroatoms. The average Bonchev–Trinajstić information content (AvgIpc) is 2.81. The van der Waals surface area contributed by atoms with Crippen LogP contribution in [0.3, 0.4) is 0 Å². The molecule has 0 fully saturated rings. The Morgan fingerprint density at radius 1 is 1.43 bits per heavy atom. The second kappa shape index (κ2) is 6.63. The summed E-state index contributed by atoms with van der Waals surface area (Å²) in [5, 5.41) is 0. The lowest BCUT2D eigenvalue weighted by Gasteiger charge is -2.24. The first kappa shape index (κ1) is 15.4. The van der Waals surface area contributed by atoms with E-state index in [1.54, 1.807) is 25.5 Å². The number of carbonyl (C=O) groups excluding carboxylic acids is 1. The van der Waals surface area contributed by atoms with E-state index in [9.17, 15) is 4.79 Å². The largest absolute Gasteiger partial charge is 0.353 e. The number of carbonyl (C=O) groups is 1. The Morgan fingerprint density at radius 3 is 2.76 bits per heavy atom. The Balaban J connectivity index is 2.00. The van der Waals surface area contributed by atoms with Gasteiger partial charge in [0, 0.05) is 62.1 Å². The number of Topliss-reactive ketones (excluding diaryl/α,β-unsaturated/α-hetero) is 1. The molecular weight excluding hydrogens is 264 g/mol. The van der Waals surface area contributed by atoms with Gasteiger partial charge in [-0.25, -0.2) is 0 Å². The van der Waals surface area contributed by atoms with Crippen LogP contribution in [0.15, 0.2) is 30.9 Å². The number of hydrogen-bond acceptors (Lipinski definition) is 4. The number of rotatable bonds is 6. The van der Waals surface area contributed by atoms with Gasteiger partial charge < -0.3 is 4.57 Å². The molecule has 21 heavy (non-hydrogen) atoms. The van der Waals surface area contributed by atoms with Gasteiger partial charge in [-0.2, -0.15) is 0 Å². The number of hydrogen-bond donors (Lipinski definition) is 0. The third kappa shape index (κ3) is 3.98. The fourth-order valence-corrected chi connectivity index (χ4v) is 2.27. The Hall–Kier alpha value is -2.01. The quantitative estimate of drug-likeness (QED) is 0.763. The Labute approximate surface area is 125 Å². The first-order valence-electron chi connectivity index (χ1n) is 7.08. The standard InChI is InChI=1S/C16H22N4O/c1-12(7-15-9-17-5-6-18-15)19(3)11-16-8-14(13(2)21)10-20(16)4/h5-6,8-10,12H,7,11H2,1-4H3/t12-/m0/s1. The molecule has 112 valence electrons. The molecule has 0 saturated heterocycles. The van der Waals surface area contributed by atoms with Crippen LogP contribution in [0.25, 0.3) is 0 Å². The molecular formula is C16H22N4O. The number of likely N-dealkylation sites (N-methyl/N-ethyl adjacent to an activating group) is 1. The molecule has 0 saturated carbocycles. The van der Waals surface area contributed by atoms with Gasteiger partial charge >= 0.3 is 0 Å². The van der Waals surface area contributed by atoms with Crippen molar-refractivity contribution in [1.29, 1.82) is 0 Å². The third-order valence-electron chi connectivity index (χ3n) is 3.80. The van der Waals surface area contributed by atoms with Crippen LogP contribution in [0.5, 0.6) is 0 Å². The highest BCUT2D eigenvalue weighted by molar-refractivity contribution is 5.94. The molecule has 0 radical (unpaired) electrons. The normalized spacial score (nSPS) is 12.6. The van der Waals surface area contributed by atoms with Gasteiger partial charge in [-0.1, -0.05) is 0 Å². The molecule has 5 nitrogen and oxygen atoms in total. The second-order valence-electron chi connectivity index (χ2n) is 5.55. The van der Waals surface area contributed by atoms with E-state index in [0.29, 0.717) is 6.04 Å². The van der Waals surface area contributed by atoms with Gasteiger partial charge in [0.05, 0.1) is 5.69 Å². The summed E-state index contributed by atoms with van der Waals surface area (Å²) in [6.07, 6.45) is 7.96. The lowest BCUT2D eigenvalue weighted by Crippen LogP contribution is -2.31. The summed E-state index contributed by atoms with van der Waals surface area (Å²) in [5.74, 6) is 0.104. The van der Waals surface area contributed by atoms with Gasteiger partial charge in [0.15, 0.2) is 5.78 Å². The van der Waals surface area contributed by atoms with Crippen molar-refractivity contribution in [2.75, 3.05) is 7.05 Å². The summed E-state index contributed by atoms with van der Waals surface area (Å²) in [4.78, 5) is 22.1. The summed E-state index contributed by atoms with van der Waals surface area (Å²) >= 11 is 0. The predicted octanol–water partition coefficient (Wildman–Crippen LogP) is 2.08. The van der Waals surface area contributed by atoms with E-state index in [0.717, 1.165) is 29.9 Å². The highest BCUT2D eigenvalue weighted by atomic mass is 16.1. The first-order valence-corrected chi connectivity index (χ1v) is 7.08. The molecule has 0 N–H and O–H groups in total. The molecule has 0 aliphatic heterocycles. The second-order valence-corrected chi connectivity index (χ2v) is 5.55. The van der Waals surface area contributed by atoms with E-state index in [2.05, 4.69) is 28.8 Å². The van der Waals surface area contributed by atoms with E-state index >= 15 is 0 Å². The molecule has 0 aliphatic rings. The van der Waals surface area contributed by atoms with Crippen LogP contribution in [0, 0.1) is 0 Å². The van der Waals surface area contributed by atoms with E-state index in [1.165, 1.54) is 0 Å². The minimum absolute atomic E-state index is 0.104. The van der Waals surface area contributed by atoms with Crippen LogP contribution in [-0.2, 0) is 20.0 Å². The maximum absolute atomic E-state index is 11.4. The van der Waals surface area contributed by atoms with Crippen molar-refractivity contribution in [2.45, 2.75) is 32.9 Å². The van der Waals surface area contributed by atoms with Gasteiger partial charge in [-0.15, -0.1) is 0 Å². The van der Waals surface area contributed by atoms with Crippen LogP contribution in [-0.4, -0.2) is 38.3 Å². The molecule has 0 amide bonds. The number of ketones is 1. The van der Waals surface area contributed by atoms with Gasteiger partial charge in [0.2, 0.25) is 0 Å². The summed E-state index contributed by atoms with van der Waals surface area (Å²) in [7, 11) is 4.06. The van der Waals surface area contributed by atoms with Gasteiger partial charge in [-0.3, -0.25) is 19.7 Å².